The van der Waals surface area contributed by atoms with Gasteiger partial charge in [-0.1, -0.05) is 15.9 Å². The number of imidazole rings is 1. The van der Waals surface area contributed by atoms with E-state index >= 15 is 0 Å². The fourth-order valence-electron chi connectivity index (χ4n) is 2.12. The maximum absolute atomic E-state index is 12.7. The van der Waals surface area contributed by atoms with Gasteiger partial charge in [-0.3, -0.25) is 4.79 Å². The van der Waals surface area contributed by atoms with E-state index in [2.05, 4.69) is 25.9 Å². The number of aryl methyl sites for hydroxylation is 1. The molecular formula is C15H13BrN4O. The van der Waals surface area contributed by atoms with Gasteiger partial charge in [-0.05, 0) is 30.7 Å². The van der Waals surface area contributed by atoms with E-state index in [-0.39, 0.29) is 5.91 Å². The van der Waals surface area contributed by atoms with Crippen LogP contribution in [0.1, 0.15) is 16.1 Å². The minimum Gasteiger partial charge on any atom is -0.310 e. The van der Waals surface area contributed by atoms with Gasteiger partial charge in [0.05, 0.1) is 0 Å². The van der Waals surface area contributed by atoms with Gasteiger partial charge in [-0.25, -0.2) is 9.97 Å². The summed E-state index contributed by atoms with van der Waals surface area (Å²) in [5.41, 5.74) is 2.78. The molecule has 0 radical (unpaired) electrons. The van der Waals surface area contributed by atoms with E-state index < -0.39 is 0 Å². The molecule has 0 fully saturated rings. The smallest absolute Gasteiger partial charge is 0.280 e. The van der Waals surface area contributed by atoms with Crippen LogP contribution in [0.15, 0.2) is 47.5 Å². The predicted molar refractivity (Wildman–Crippen MR) is 84.6 cm³/mol. The Labute approximate surface area is 130 Å². The topological polar surface area (TPSA) is 50.5 Å². The lowest BCUT2D eigenvalue weighted by Gasteiger charge is -2.18. The molecule has 0 atom stereocenters. The van der Waals surface area contributed by atoms with Crippen molar-refractivity contribution >= 4 is 33.2 Å². The average molecular weight is 345 g/mol. The Morgan fingerprint density at radius 2 is 1.95 bits per heavy atom. The van der Waals surface area contributed by atoms with Crippen LogP contribution in [0.4, 0.5) is 5.69 Å². The summed E-state index contributed by atoms with van der Waals surface area (Å²) in [7, 11) is 1.74. The molecule has 1 amide bonds. The molecule has 1 aromatic carbocycles. The highest BCUT2D eigenvalue weighted by atomic mass is 79.9. The quantitative estimate of drug-likeness (QED) is 0.717. The molecule has 2 aromatic heterocycles. The number of nitrogens with zero attached hydrogens (tertiary/aromatic N) is 4. The standard InChI is InChI=1S/C15H13BrN4O/c1-10-9-11(3-4-12(10)16)19(2)15(21)13-14-18-6-8-20(14)7-5-17-13/h3-9H,1-2H3. The number of benzene rings is 1. The Morgan fingerprint density at radius 1 is 1.24 bits per heavy atom. The summed E-state index contributed by atoms with van der Waals surface area (Å²) in [5, 5.41) is 0. The number of anilines is 1. The molecule has 21 heavy (non-hydrogen) atoms. The van der Waals surface area contributed by atoms with E-state index in [9.17, 15) is 4.79 Å². The SMILES string of the molecule is Cc1cc(N(C)C(=O)c2nccn3ccnc23)ccc1Br. The monoisotopic (exact) mass is 344 g/mol. The second-order valence-corrected chi connectivity index (χ2v) is 5.59. The van der Waals surface area contributed by atoms with Crippen LogP contribution >= 0.6 is 15.9 Å². The number of fused-ring (bicyclic) bond motifs is 1. The third kappa shape index (κ3) is 2.42. The van der Waals surface area contributed by atoms with Crippen molar-refractivity contribution in [2.45, 2.75) is 6.92 Å². The van der Waals surface area contributed by atoms with Gasteiger partial charge in [0, 0.05) is 42.0 Å². The molecular weight excluding hydrogens is 332 g/mol. The maximum Gasteiger partial charge on any atom is 0.280 e. The summed E-state index contributed by atoms with van der Waals surface area (Å²) in [6.45, 7) is 1.99. The molecule has 0 aliphatic rings. The summed E-state index contributed by atoms with van der Waals surface area (Å²) in [4.78, 5) is 22.6. The van der Waals surface area contributed by atoms with Gasteiger partial charge < -0.3 is 9.30 Å². The predicted octanol–water partition coefficient (Wildman–Crippen LogP) is 3.08. The number of carbonyl (C=O) groups excluding carboxylic acids is 1. The first kappa shape index (κ1) is 13.8. The van der Waals surface area contributed by atoms with Crippen LogP contribution in [0.25, 0.3) is 5.65 Å². The van der Waals surface area contributed by atoms with Crippen LogP contribution in [0, 0.1) is 6.92 Å². The van der Waals surface area contributed by atoms with Crippen molar-refractivity contribution in [1.29, 1.82) is 0 Å². The lowest BCUT2D eigenvalue weighted by atomic mass is 10.2. The Kier molecular flexibility index (Phi) is 3.47. The molecule has 0 saturated heterocycles. The van der Waals surface area contributed by atoms with E-state index in [1.54, 1.807) is 41.1 Å². The minimum atomic E-state index is -0.187. The highest BCUT2D eigenvalue weighted by molar-refractivity contribution is 9.10. The summed E-state index contributed by atoms with van der Waals surface area (Å²) in [6, 6.07) is 5.77. The Hall–Kier alpha value is -2.21. The van der Waals surface area contributed by atoms with Gasteiger partial charge in [0.15, 0.2) is 11.3 Å². The molecule has 6 heteroatoms. The summed E-state index contributed by atoms with van der Waals surface area (Å²) < 4.78 is 2.79. The van der Waals surface area contributed by atoms with Crippen molar-refractivity contribution in [2.75, 3.05) is 11.9 Å². The van der Waals surface area contributed by atoms with Gasteiger partial charge in [0.2, 0.25) is 0 Å². The minimum absolute atomic E-state index is 0.187. The lowest BCUT2D eigenvalue weighted by Crippen LogP contribution is -2.27. The van der Waals surface area contributed by atoms with Crippen molar-refractivity contribution in [3.05, 3.63) is 58.7 Å². The molecule has 0 N–H and O–H groups in total. The van der Waals surface area contributed by atoms with E-state index in [0.717, 1.165) is 15.7 Å². The van der Waals surface area contributed by atoms with Crippen molar-refractivity contribution < 1.29 is 4.79 Å². The molecule has 3 aromatic rings. The zero-order valence-corrected chi connectivity index (χ0v) is 13.2. The van der Waals surface area contributed by atoms with Gasteiger partial charge in [-0.15, -0.1) is 0 Å². The highest BCUT2D eigenvalue weighted by Crippen LogP contribution is 2.23. The van der Waals surface area contributed by atoms with Crippen LogP contribution in [-0.4, -0.2) is 27.3 Å². The zero-order chi connectivity index (χ0) is 15.0. The fourth-order valence-corrected chi connectivity index (χ4v) is 2.37. The van der Waals surface area contributed by atoms with Crippen LogP contribution in [0.5, 0.6) is 0 Å². The van der Waals surface area contributed by atoms with Gasteiger partial charge in [0.1, 0.15) is 0 Å². The third-order valence-electron chi connectivity index (χ3n) is 3.35. The first-order chi connectivity index (χ1) is 10.1. The molecule has 5 nitrogen and oxygen atoms in total. The van der Waals surface area contributed by atoms with Crippen molar-refractivity contribution in [1.82, 2.24) is 14.4 Å². The molecule has 0 saturated carbocycles. The number of rotatable bonds is 2. The van der Waals surface area contributed by atoms with Crippen molar-refractivity contribution in [3.63, 3.8) is 0 Å². The van der Waals surface area contributed by atoms with Crippen LogP contribution in [-0.2, 0) is 0 Å². The zero-order valence-electron chi connectivity index (χ0n) is 11.6. The number of carbonyl (C=O) groups is 1. The van der Waals surface area contributed by atoms with Crippen LogP contribution in [0.3, 0.4) is 0 Å². The van der Waals surface area contributed by atoms with Crippen molar-refractivity contribution in [3.8, 4) is 0 Å². The van der Waals surface area contributed by atoms with E-state index in [0.29, 0.717) is 11.3 Å². The molecule has 0 aliphatic carbocycles. The molecule has 0 aliphatic heterocycles. The van der Waals surface area contributed by atoms with Gasteiger partial charge in [0.25, 0.3) is 5.91 Å². The lowest BCUT2D eigenvalue weighted by molar-refractivity contribution is 0.0989. The Morgan fingerprint density at radius 3 is 2.67 bits per heavy atom. The third-order valence-corrected chi connectivity index (χ3v) is 4.24. The maximum atomic E-state index is 12.7. The number of amides is 1. The van der Waals surface area contributed by atoms with E-state index in [1.165, 1.54) is 0 Å². The summed E-state index contributed by atoms with van der Waals surface area (Å²) in [5.74, 6) is -0.187. The summed E-state index contributed by atoms with van der Waals surface area (Å²) in [6.07, 6.45) is 6.81. The second-order valence-electron chi connectivity index (χ2n) is 4.73. The van der Waals surface area contributed by atoms with Crippen molar-refractivity contribution in [2.24, 2.45) is 0 Å². The average Bonchev–Trinajstić information content (AvgIpc) is 2.97. The molecule has 0 unspecified atom stereocenters. The highest BCUT2D eigenvalue weighted by Gasteiger charge is 2.19. The fraction of sp³-hybridized carbons (Fsp3) is 0.133. The number of hydrogen-bond acceptors (Lipinski definition) is 3. The largest absolute Gasteiger partial charge is 0.310 e. The van der Waals surface area contributed by atoms with Gasteiger partial charge in [-0.2, -0.15) is 0 Å². The molecule has 106 valence electrons. The molecule has 2 heterocycles. The first-order valence-corrected chi connectivity index (χ1v) is 7.19. The van der Waals surface area contributed by atoms with Crippen LogP contribution in [0.2, 0.25) is 0 Å². The molecule has 0 spiro atoms. The molecule has 3 rings (SSSR count). The van der Waals surface area contributed by atoms with E-state index in [1.807, 2.05) is 25.1 Å². The Balaban J connectivity index is 2.01. The van der Waals surface area contributed by atoms with Crippen LogP contribution < -0.4 is 4.90 Å². The first-order valence-electron chi connectivity index (χ1n) is 6.40. The number of hydrogen-bond donors (Lipinski definition) is 0. The molecule has 0 bridgehead atoms. The Bertz CT molecular complexity index is 827. The normalized spacial score (nSPS) is 10.8. The number of aromatic nitrogens is 3. The second kappa shape index (κ2) is 5.29. The summed E-state index contributed by atoms with van der Waals surface area (Å²) >= 11 is 3.46. The van der Waals surface area contributed by atoms with E-state index in [4.69, 9.17) is 0 Å². The number of halogens is 1. The van der Waals surface area contributed by atoms with Gasteiger partial charge >= 0.3 is 0 Å².